The zero-order chi connectivity index (χ0) is 18.7. The lowest BCUT2D eigenvalue weighted by Crippen LogP contribution is -2.13. The van der Waals surface area contributed by atoms with E-state index in [-0.39, 0.29) is 18.0 Å². The summed E-state index contributed by atoms with van der Waals surface area (Å²) in [5.74, 6) is -0.901. The zero-order valence-electron chi connectivity index (χ0n) is 15.2. The van der Waals surface area contributed by atoms with E-state index in [1.807, 2.05) is 61.6 Å². The van der Waals surface area contributed by atoms with Crippen LogP contribution in [0.25, 0.3) is 28.2 Å². The number of hydrogen-bond acceptors (Lipinski definition) is 3. The van der Waals surface area contributed by atoms with Crippen LogP contribution in [-0.4, -0.2) is 22.9 Å². The number of Topliss-reactive ketones (excluding diaryl/α,β-unsaturated/α-hetero) is 1. The first-order valence-electron chi connectivity index (χ1n) is 8.57. The SMILES string of the molecule is CCOC(=O)/C(=C/c1c(-c2ccccc2)n(C)c2ccccc12)C(C)=O. The van der Waals surface area contributed by atoms with Gasteiger partial charge in [-0.15, -0.1) is 0 Å². The molecule has 0 saturated heterocycles. The topological polar surface area (TPSA) is 48.3 Å². The maximum absolute atomic E-state index is 12.3. The van der Waals surface area contributed by atoms with Crippen molar-refractivity contribution in [1.82, 2.24) is 4.57 Å². The van der Waals surface area contributed by atoms with Gasteiger partial charge in [0.25, 0.3) is 0 Å². The molecule has 4 nitrogen and oxygen atoms in total. The van der Waals surface area contributed by atoms with Crippen molar-refractivity contribution in [3.05, 3.63) is 65.7 Å². The molecule has 3 rings (SSSR count). The Labute approximate surface area is 152 Å². The molecule has 0 bridgehead atoms. The molecule has 0 spiro atoms. The fourth-order valence-electron chi connectivity index (χ4n) is 3.17. The Morgan fingerprint density at radius 1 is 1.04 bits per heavy atom. The van der Waals surface area contributed by atoms with Crippen LogP contribution >= 0.6 is 0 Å². The molecule has 3 aromatic rings. The molecular weight excluding hydrogens is 326 g/mol. The van der Waals surface area contributed by atoms with Gasteiger partial charge in [-0.05, 0) is 31.6 Å². The van der Waals surface area contributed by atoms with E-state index in [0.29, 0.717) is 0 Å². The molecule has 132 valence electrons. The fraction of sp³-hybridized carbons (Fsp3) is 0.182. The number of benzene rings is 2. The van der Waals surface area contributed by atoms with Crippen molar-refractivity contribution < 1.29 is 14.3 Å². The molecule has 1 aromatic heterocycles. The lowest BCUT2D eigenvalue weighted by Gasteiger charge is -2.08. The lowest BCUT2D eigenvalue weighted by atomic mass is 10.0. The van der Waals surface area contributed by atoms with Gasteiger partial charge in [-0.25, -0.2) is 4.79 Å². The number of fused-ring (bicyclic) bond motifs is 1. The zero-order valence-corrected chi connectivity index (χ0v) is 15.2. The van der Waals surface area contributed by atoms with Gasteiger partial charge in [-0.1, -0.05) is 48.5 Å². The largest absolute Gasteiger partial charge is 0.462 e. The smallest absolute Gasteiger partial charge is 0.341 e. The summed E-state index contributed by atoms with van der Waals surface area (Å²) < 4.78 is 7.15. The maximum atomic E-state index is 12.3. The molecule has 2 aromatic carbocycles. The van der Waals surface area contributed by atoms with Crippen molar-refractivity contribution in [2.75, 3.05) is 6.61 Å². The summed E-state index contributed by atoms with van der Waals surface area (Å²) in [6.07, 6.45) is 1.66. The number of para-hydroxylation sites is 1. The molecule has 0 saturated carbocycles. The molecule has 1 heterocycles. The Balaban J connectivity index is 2.32. The van der Waals surface area contributed by atoms with Gasteiger partial charge >= 0.3 is 5.97 Å². The Bertz CT molecular complexity index is 997. The number of nitrogens with zero attached hydrogens (tertiary/aromatic N) is 1. The van der Waals surface area contributed by atoms with Crippen molar-refractivity contribution in [3.63, 3.8) is 0 Å². The van der Waals surface area contributed by atoms with Crippen LogP contribution in [0.1, 0.15) is 19.4 Å². The van der Waals surface area contributed by atoms with Crippen LogP contribution in [0.15, 0.2) is 60.2 Å². The van der Waals surface area contributed by atoms with Crippen LogP contribution < -0.4 is 0 Å². The second kappa shape index (κ2) is 7.40. The van der Waals surface area contributed by atoms with Gasteiger partial charge in [0, 0.05) is 23.5 Å². The van der Waals surface area contributed by atoms with Crippen LogP contribution in [-0.2, 0) is 21.4 Å². The fourth-order valence-corrected chi connectivity index (χ4v) is 3.17. The van der Waals surface area contributed by atoms with E-state index in [1.54, 1.807) is 13.0 Å². The first kappa shape index (κ1) is 17.7. The van der Waals surface area contributed by atoms with E-state index in [1.165, 1.54) is 6.92 Å². The minimum absolute atomic E-state index is 0.0559. The van der Waals surface area contributed by atoms with Crippen LogP contribution in [0.2, 0.25) is 0 Å². The minimum atomic E-state index is -0.591. The van der Waals surface area contributed by atoms with E-state index in [0.717, 1.165) is 27.7 Å². The predicted molar refractivity (Wildman–Crippen MR) is 104 cm³/mol. The van der Waals surface area contributed by atoms with Gasteiger partial charge in [0.05, 0.1) is 12.3 Å². The number of carbonyl (C=O) groups excluding carboxylic acids is 2. The van der Waals surface area contributed by atoms with Gasteiger partial charge in [-0.2, -0.15) is 0 Å². The molecular formula is C22H21NO3. The van der Waals surface area contributed by atoms with Crippen molar-refractivity contribution in [2.45, 2.75) is 13.8 Å². The molecule has 0 unspecified atom stereocenters. The Hall–Kier alpha value is -3.14. The van der Waals surface area contributed by atoms with Gasteiger partial charge in [0.2, 0.25) is 0 Å². The predicted octanol–water partition coefficient (Wildman–Crippen LogP) is 4.38. The van der Waals surface area contributed by atoms with Gasteiger partial charge in [0.1, 0.15) is 5.57 Å². The van der Waals surface area contributed by atoms with Crippen LogP contribution in [0.4, 0.5) is 0 Å². The normalized spacial score (nSPS) is 11.6. The average Bonchev–Trinajstić information content (AvgIpc) is 2.92. The number of esters is 1. The summed E-state index contributed by atoms with van der Waals surface area (Å²) >= 11 is 0. The Morgan fingerprint density at radius 2 is 1.69 bits per heavy atom. The number of hydrogen-bond donors (Lipinski definition) is 0. The highest BCUT2D eigenvalue weighted by atomic mass is 16.5. The molecule has 0 N–H and O–H groups in total. The van der Waals surface area contributed by atoms with Gasteiger partial charge in [-0.3, -0.25) is 4.79 Å². The monoisotopic (exact) mass is 347 g/mol. The van der Waals surface area contributed by atoms with Crippen molar-refractivity contribution in [3.8, 4) is 11.3 Å². The molecule has 0 amide bonds. The Kier molecular flexibility index (Phi) is 5.03. The standard InChI is InChI=1S/C22H21NO3/c1-4-26-22(25)18(15(2)24)14-19-17-12-8-9-13-20(17)23(3)21(19)16-10-6-5-7-11-16/h5-14H,4H2,1-3H3/b18-14+. The number of ketones is 1. The van der Waals surface area contributed by atoms with Crippen LogP contribution in [0, 0.1) is 0 Å². The number of aryl methyl sites for hydroxylation is 1. The molecule has 4 heteroatoms. The third-order valence-electron chi connectivity index (χ3n) is 4.36. The summed E-state index contributed by atoms with van der Waals surface area (Å²) in [5.41, 5.74) is 3.90. The second-order valence-corrected chi connectivity index (χ2v) is 6.04. The Morgan fingerprint density at radius 3 is 2.35 bits per heavy atom. The second-order valence-electron chi connectivity index (χ2n) is 6.04. The van der Waals surface area contributed by atoms with Crippen molar-refractivity contribution in [1.29, 1.82) is 0 Å². The highest BCUT2D eigenvalue weighted by Crippen LogP contribution is 2.34. The first-order valence-corrected chi connectivity index (χ1v) is 8.57. The first-order chi connectivity index (χ1) is 12.5. The van der Waals surface area contributed by atoms with E-state index in [9.17, 15) is 9.59 Å². The van der Waals surface area contributed by atoms with Crippen molar-refractivity contribution in [2.24, 2.45) is 7.05 Å². The van der Waals surface area contributed by atoms with Crippen LogP contribution in [0.5, 0.6) is 0 Å². The molecule has 0 atom stereocenters. The highest BCUT2D eigenvalue weighted by molar-refractivity contribution is 6.21. The molecule has 26 heavy (non-hydrogen) atoms. The number of ether oxygens (including phenoxy) is 1. The van der Waals surface area contributed by atoms with Crippen molar-refractivity contribution >= 4 is 28.7 Å². The summed E-state index contributed by atoms with van der Waals surface area (Å²) in [6.45, 7) is 3.34. The minimum Gasteiger partial charge on any atom is -0.462 e. The molecule has 0 fully saturated rings. The van der Waals surface area contributed by atoms with E-state index in [4.69, 9.17) is 4.74 Å². The quantitative estimate of drug-likeness (QED) is 0.298. The van der Waals surface area contributed by atoms with Gasteiger partial charge in [0.15, 0.2) is 5.78 Å². The summed E-state index contributed by atoms with van der Waals surface area (Å²) in [5, 5.41) is 0.983. The van der Waals surface area contributed by atoms with E-state index < -0.39 is 5.97 Å². The van der Waals surface area contributed by atoms with Gasteiger partial charge < -0.3 is 9.30 Å². The highest BCUT2D eigenvalue weighted by Gasteiger charge is 2.20. The number of aromatic nitrogens is 1. The summed E-state index contributed by atoms with van der Waals surface area (Å²) in [4.78, 5) is 24.3. The number of carbonyl (C=O) groups is 2. The third kappa shape index (κ3) is 3.18. The van der Waals surface area contributed by atoms with Crippen LogP contribution in [0.3, 0.4) is 0 Å². The third-order valence-corrected chi connectivity index (χ3v) is 4.36. The lowest BCUT2D eigenvalue weighted by molar-refractivity contribution is -0.139. The average molecular weight is 347 g/mol. The molecule has 0 aliphatic heterocycles. The summed E-state index contributed by atoms with van der Waals surface area (Å²) in [7, 11) is 1.99. The summed E-state index contributed by atoms with van der Waals surface area (Å²) in [6, 6.07) is 17.9. The molecule has 0 radical (unpaired) electrons. The van der Waals surface area contributed by atoms with E-state index >= 15 is 0 Å². The molecule has 0 aliphatic carbocycles. The molecule has 0 aliphatic rings. The maximum Gasteiger partial charge on any atom is 0.341 e. The number of rotatable bonds is 5. The van der Waals surface area contributed by atoms with E-state index in [2.05, 4.69) is 4.57 Å².